The molecule has 0 saturated carbocycles. The van der Waals surface area contributed by atoms with E-state index in [1.807, 2.05) is 6.07 Å². The zero-order valence-electron chi connectivity index (χ0n) is 14.2. The minimum atomic E-state index is 0.808. The van der Waals surface area contributed by atoms with Crippen LogP contribution in [0.15, 0.2) is 34.9 Å². The standard InChI is InChI=1S/C19H27N3O/c1-3-11-20-14-17-18(16-7-5-4-6-8-16)21-23-19(17)22-12-9-15(2)10-13-22/h4-8,15,20H,3,9-14H2,1-2H3. The molecule has 1 saturated heterocycles. The van der Waals surface area contributed by atoms with Crippen molar-refractivity contribution in [2.24, 2.45) is 5.92 Å². The lowest BCUT2D eigenvalue weighted by Gasteiger charge is -2.30. The van der Waals surface area contributed by atoms with Crippen molar-refractivity contribution in [3.63, 3.8) is 0 Å². The molecule has 2 heterocycles. The van der Waals surface area contributed by atoms with Crippen molar-refractivity contribution in [3.8, 4) is 11.3 Å². The van der Waals surface area contributed by atoms with Crippen LogP contribution in [0, 0.1) is 5.92 Å². The minimum Gasteiger partial charge on any atom is -0.340 e. The van der Waals surface area contributed by atoms with Gasteiger partial charge in [0.1, 0.15) is 5.69 Å². The van der Waals surface area contributed by atoms with E-state index in [0.717, 1.165) is 55.7 Å². The Morgan fingerprint density at radius 1 is 1.22 bits per heavy atom. The quantitative estimate of drug-likeness (QED) is 0.816. The second-order valence-corrected chi connectivity index (χ2v) is 6.53. The zero-order valence-corrected chi connectivity index (χ0v) is 14.2. The van der Waals surface area contributed by atoms with Gasteiger partial charge in [0.05, 0.1) is 5.56 Å². The van der Waals surface area contributed by atoms with Crippen molar-refractivity contribution in [1.82, 2.24) is 10.5 Å². The highest BCUT2D eigenvalue weighted by Crippen LogP contribution is 2.33. The first-order chi connectivity index (χ1) is 11.3. The van der Waals surface area contributed by atoms with Crippen molar-refractivity contribution >= 4 is 5.88 Å². The highest BCUT2D eigenvalue weighted by atomic mass is 16.5. The van der Waals surface area contributed by atoms with Gasteiger partial charge < -0.3 is 14.7 Å². The molecule has 1 aliphatic heterocycles. The predicted octanol–water partition coefficient (Wildman–Crippen LogP) is 4.08. The van der Waals surface area contributed by atoms with Crippen LogP contribution in [0.1, 0.15) is 38.7 Å². The second kappa shape index (κ2) is 7.64. The molecule has 0 radical (unpaired) electrons. The molecule has 23 heavy (non-hydrogen) atoms. The fraction of sp³-hybridized carbons (Fsp3) is 0.526. The number of benzene rings is 1. The molecule has 0 aliphatic carbocycles. The third-order valence-electron chi connectivity index (χ3n) is 4.61. The summed E-state index contributed by atoms with van der Waals surface area (Å²) >= 11 is 0. The molecule has 0 unspecified atom stereocenters. The number of hydrogen-bond acceptors (Lipinski definition) is 4. The van der Waals surface area contributed by atoms with Gasteiger partial charge in [0.25, 0.3) is 0 Å². The van der Waals surface area contributed by atoms with Crippen molar-refractivity contribution in [2.45, 2.75) is 39.7 Å². The molecule has 4 nitrogen and oxygen atoms in total. The Labute approximate surface area is 138 Å². The van der Waals surface area contributed by atoms with E-state index in [9.17, 15) is 0 Å². The Morgan fingerprint density at radius 2 is 1.96 bits per heavy atom. The molecule has 1 aliphatic rings. The molecule has 1 N–H and O–H groups in total. The molecule has 3 rings (SSSR count). The third-order valence-corrected chi connectivity index (χ3v) is 4.61. The predicted molar refractivity (Wildman–Crippen MR) is 94.5 cm³/mol. The van der Waals surface area contributed by atoms with E-state index in [1.165, 1.54) is 18.4 Å². The molecule has 1 fully saturated rings. The Balaban J connectivity index is 1.88. The molecule has 1 aromatic carbocycles. The average Bonchev–Trinajstić information content (AvgIpc) is 3.00. The largest absolute Gasteiger partial charge is 0.340 e. The van der Waals surface area contributed by atoms with Crippen LogP contribution in [0.2, 0.25) is 0 Å². The molecular formula is C19H27N3O. The van der Waals surface area contributed by atoms with E-state index >= 15 is 0 Å². The van der Waals surface area contributed by atoms with Crippen LogP contribution in [0.5, 0.6) is 0 Å². The number of piperidine rings is 1. The maximum Gasteiger partial charge on any atom is 0.232 e. The second-order valence-electron chi connectivity index (χ2n) is 6.53. The molecule has 0 atom stereocenters. The summed E-state index contributed by atoms with van der Waals surface area (Å²) in [5, 5.41) is 7.91. The molecular weight excluding hydrogens is 286 g/mol. The monoisotopic (exact) mass is 313 g/mol. The number of hydrogen-bond donors (Lipinski definition) is 1. The average molecular weight is 313 g/mol. The maximum absolute atomic E-state index is 5.79. The van der Waals surface area contributed by atoms with Crippen molar-refractivity contribution in [2.75, 3.05) is 24.5 Å². The van der Waals surface area contributed by atoms with E-state index in [0.29, 0.717) is 0 Å². The van der Waals surface area contributed by atoms with E-state index < -0.39 is 0 Å². The highest BCUT2D eigenvalue weighted by molar-refractivity contribution is 5.68. The molecule has 0 spiro atoms. The first-order valence-corrected chi connectivity index (χ1v) is 8.79. The molecule has 2 aromatic rings. The van der Waals surface area contributed by atoms with Crippen molar-refractivity contribution in [3.05, 3.63) is 35.9 Å². The van der Waals surface area contributed by atoms with Gasteiger partial charge in [0, 0.05) is 25.2 Å². The summed E-state index contributed by atoms with van der Waals surface area (Å²) in [7, 11) is 0. The summed E-state index contributed by atoms with van der Waals surface area (Å²) in [6.45, 7) is 8.46. The van der Waals surface area contributed by atoms with Gasteiger partial charge in [-0.05, 0) is 31.7 Å². The smallest absolute Gasteiger partial charge is 0.232 e. The van der Waals surface area contributed by atoms with Gasteiger partial charge in [0.2, 0.25) is 5.88 Å². The summed E-state index contributed by atoms with van der Waals surface area (Å²) in [5.41, 5.74) is 3.29. The van der Waals surface area contributed by atoms with Crippen LogP contribution >= 0.6 is 0 Å². The first-order valence-electron chi connectivity index (χ1n) is 8.79. The zero-order chi connectivity index (χ0) is 16.1. The van der Waals surface area contributed by atoms with Gasteiger partial charge in [-0.2, -0.15) is 0 Å². The molecule has 0 amide bonds. The lowest BCUT2D eigenvalue weighted by molar-refractivity contribution is 0.379. The number of rotatable bonds is 6. The summed E-state index contributed by atoms with van der Waals surface area (Å²) in [4.78, 5) is 2.36. The SMILES string of the molecule is CCCNCc1c(-c2ccccc2)noc1N1CCC(C)CC1. The molecule has 124 valence electrons. The van der Waals surface area contributed by atoms with E-state index in [1.54, 1.807) is 0 Å². The van der Waals surface area contributed by atoms with Gasteiger partial charge in [-0.15, -0.1) is 0 Å². The molecule has 0 bridgehead atoms. The van der Waals surface area contributed by atoms with Crippen LogP contribution in [0.3, 0.4) is 0 Å². The van der Waals surface area contributed by atoms with Crippen molar-refractivity contribution < 1.29 is 4.52 Å². The van der Waals surface area contributed by atoms with Gasteiger partial charge in [-0.3, -0.25) is 0 Å². The summed E-state index contributed by atoms with van der Waals surface area (Å²) in [5.74, 6) is 1.77. The van der Waals surface area contributed by atoms with Crippen molar-refractivity contribution in [1.29, 1.82) is 0 Å². The summed E-state index contributed by atoms with van der Waals surface area (Å²) in [6.07, 6.45) is 3.58. The lowest BCUT2D eigenvalue weighted by atomic mass is 9.99. The fourth-order valence-corrected chi connectivity index (χ4v) is 3.13. The van der Waals surface area contributed by atoms with Crippen LogP contribution in [0.25, 0.3) is 11.3 Å². The highest BCUT2D eigenvalue weighted by Gasteiger charge is 2.25. The lowest BCUT2D eigenvalue weighted by Crippen LogP contribution is -2.33. The number of nitrogens with one attached hydrogen (secondary N) is 1. The fourth-order valence-electron chi connectivity index (χ4n) is 3.13. The van der Waals surface area contributed by atoms with E-state index in [4.69, 9.17) is 4.52 Å². The van der Waals surface area contributed by atoms with Gasteiger partial charge >= 0.3 is 0 Å². The Kier molecular flexibility index (Phi) is 5.34. The molecule has 4 heteroatoms. The maximum atomic E-state index is 5.79. The minimum absolute atomic E-state index is 0.808. The van der Waals surface area contributed by atoms with Crippen LogP contribution < -0.4 is 10.2 Å². The number of anilines is 1. The normalized spacial score (nSPS) is 16.0. The van der Waals surface area contributed by atoms with Crippen LogP contribution in [-0.2, 0) is 6.54 Å². The first kappa shape index (κ1) is 16.1. The van der Waals surface area contributed by atoms with E-state index in [2.05, 4.69) is 53.5 Å². The summed E-state index contributed by atoms with van der Waals surface area (Å²) in [6, 6.07) is 10.3. The topological polar surface area (TPSA) is 41.3 Å². The van der Waals surface area contributed by atoms with Crippen LogP contribution in [-0.4, -0.2) is 24.8 Å². The Morgan fingerprint density at radius 3 is 2.65 bits per heavy atom. The third kappa shape index (κ3) is 3.75. The van der Waals surface area contributed by atoms with Crippen LogP contribution in [0.4, 0.5) is 5.88 Å². The van der Waals surface area contributed by atoms with E-state index in [-0.39, 0.29) is 0 Å². The number of nitrogens with zero attached hydrogens (tertiary/aromatic N) is 2. The molecule has 1 aromatic heterocycles. The Bertz CT molecular complexity index is 600. The number of aromatic nitrogens is 1. The van der Waals surface area contributed by atoms with Gasteiger partial charge in [-0.1, -0.05) is 49.3 Å². The Hall–Kier alpha value is -1.81. The van der Waals surface area contributed by atoms with Gasteiger partial charge in [-0.25, -0.2) is 0 Å². The summed E-state index contributed by atoms with van der Waals surface area (Å²) < 4.78 is 5.79. The van der Waals surface area contributed by atoms with Gasteiger partial charge in [0.15, 0.2) is 0 Å².